The molecule has 1 aliphatic heterocycles. The number of methoxy groups -OCH3 is 4. The summed E-state index contributed by atoms with van der Waals surface area (Å²) in [4.78, 5) is 2.35. The molecule has 1 aliphatic carbocycles. The first kappa shape index (κ1) is 17.0. The van der Waals surface area contributed by atoms with Crippen LogP contribution >= 0.6 is 0 Å². The lowest BCUT2D eigenvalue weighted by molar-refractivity contribution is 0.267. The van der Waals surface area contributed by atoms with Gasteiger partial charge in [-0.2, -0.15) is 0 Å². The van der Waals surface area contributed by atoms with Crippen LogP contribution < -0.4 is 18.9 Å². The highest BCUT2D eigenvalue weighted by Gasteiger charge is 2.35. The van der Waals surface area contributed by atoms with Crippen LogP contribution in [0.5, 0.6) is 23.0 Å². The van der Waals surface area contributed by atoms with E-state index < -0.39 is 0 Å². The van der Waals surface area contributed by atoms with Gasteiger partial charge in [0.2, 0.25) is 0 Å². The summed E-state index contributed by atoms with van der Waals surface area (Å²) in [5.41, 5.74) is 6.33. The van der Waals surface area contributed by atoms with Crippen LogP contribution in [0.2, 0.25) is 0 Å². The third-order valence-corrected chi connectivity index (χ3v) is 5.55. The second kappa shape index (κ2) is 6.40. The van der Waals surface area contributed by atoms with E-state index in [1.54, 1.807) is 28.4 Å². The average Bonchev–Trinajstić information content (AvgIpc) is 2.65. The molecule has 1 unspecified atom stereocenters. The first-order chi connectivity index (χ1) is 12.6. The van der Waals surface area contributed by atoms with Crippen molar-refractivity contribution in [2.45, 2.75) is 18.9 Å². The molecule has 4 rings (SSSR count). The molecule has 0 saturated carbocycles. The van der Waals surface area contributed by atoms with E-state index in [2.05, 4.69) is 30.1 Å². The maximum absolute atomic E-state index is 5.73. The van der Waals surface area contributed by atoms with Crippen LogP contribution in [0.15, 0.2) is 18.2 Å². The van der Waals surface area contributed by atoms with E-state index in [0.29, 0.717) is 5.92 Å². The van der Waals surface area contributed by atoms with Crippen molar-refractivity contribution in [2.24, 2.45) is 0 Å². The van der Waals surface area contributed by atoms with Crippen molar-refractivity contribution in [1.29, 1.82) is 0 Å². The van der Waals surface area contributed by atoms with Crippen molar-refractivity contribution in [2.75, 3.05) is 42.0 Å². The molecular formula is C21H25NO4. The monoisotopic (exact) mass is 355 g/mol. The fourth-order valence-electron chi connectivity index (χ4n) is 4.50. The van der Waals surface area contributed by atoms with Crippen molar-refractivity contribution in [1.82, 2.24) is 4.90 Å². The molecule has 1 heterocycles. The van der Waals surface area contributed by atoms with Gasteiger partial charge in [-0.05, 0) is 53.9 Å². The first-order valence-corrected chi connectivity index (χ1v) is 8.82. The summed E-state index contributed by atoms with van der Waals surface area (Å²) >= 11 is 0. The van der Waals surface area contributed by atoms with Gasteiger partial charge >= 0.3 is 0 Å². The minimum atomic E-state index is 0.434. The molecule has 0 amide bonds. The van der Waals surface area contributed by atoms with Gasteiger partial charge in [0.05, 0.1) is 28.4 Å². The number of fused-ring (bicyclic) bond motifs is 2. The van der Waals surface area contributed by atoms with E-state index in [0.717, 1.165) is 42.5 Å². The molecule has 0 spiro atoms. The van der Waals surface area contributed by atoms with Crippen molar-refractivity contribution in [3.8, 4) is 34.1 Å². The van der Waals surface area contributed by atoms with Crippen LogP contribution in [0, 0.1) is 0 Å². The Morgan fingerprint density at radius 1 is 0.846 bits per heavy atom. The van der Waals surface area contributed by atoms with Crippen LogP contribution in [0.3, 0.4) is 0 Å². The molecule has 0 fully saturated rings. The van der Waals surface area contributed by atoms with Crippen molar-refractivity contribution < 1.29 is 18.9 Å². The van der Waals surface area contributed by atoms with Gasteiger partial charge in [-0.15, -0.1) is 0 Å². The molecule has 2 aromatic carbocycles. The molecule has 1 atom stereocenters. The third-order valence-electron chi connectivity index (χ3n) is 5.55. The van der Waals surface area contributed by atoms with Gasteiger partial charge in [0.1, 0.15) is 0 Å². The van der Waals surface area contributed by atoms with Gasteiger partial charge in [-0.1, -0.05) is 0 Å². The van der Waals surface area contributed by atoms with Crippen molar-refractivity contribution in [3.05, 3.63) is 34.9 Å². The molecule has 2 aliphatic rings. The SMILES string of the molecule is COc1cc2c(cc1OC)-c1cc(OC)c(OC)c3c1C(C2)CN(C)C3. The summed E-state index contributed by atoms with van der Waals surface area (Å²) < 4.78 is 22.4. The molecule has 2 aromatic rings. The van der Waals surface area contributed by atoms with Gasteiger partial charge in [0.25, 0.3) is 0 Å². The Hall–Kier alpha value is -2.40. The van der Waals surface area contributed by atoms with E-state index in [4.69, 9.17) is 18.9 Å². The summed E-state index contributed by atoms with van der Waals surface area (Å²) in [5.74, 6) is 3.59. The molecule has 26 heavy (non-hydrogen) atoms. The zero-order valence-electron chi connectivity index (χ0n) is 16.0. The van der Waals surface area contributed by atoms with E-state index in [-0.39, 0.29) is 0 Å². The number of hydrogen-bond acceptors (Lipinski definition) is 5. The minimum absolute atomic E-state index is 0.434. The Bertz CT molecular complexity index is 862. The second-order valence-corrected chi connectivity index (χ2v) is 7.01. The largest absolute Gasteiger partial charge is 0.493 e. The summed E-state index contributed by atoms with van der Waals surface area (Å²) in [7, 11) is 8.93. The average molecular weight is 355 g/mol. The Balaban J connectivity index is 2.02. The fraction of sp³-hybridized carbons (Fsp3) is 0.429. The van der Waals surface area contributed by atoms with Gasteiger partial charge in [-0.3, -0.25) is 0 Å². The maximum Gasteiger partial charge on any atom is 0.165 e. The number of rotatable bonds is 4. The molecule has 0 aromatic heterocycles. The predicted octanol–water partition coefficient (Wildman–Crippen LogP) is 3.47. The van der Waals surface area contributed by atoms with Gasteiger partial charge in [-0.25, -0.2) is 0 Å². The highest BCUT2D eigenvalue weighted by atomic mass is 16.5. The van der Waals surface area contributed by atoms with Crippen LogP contribution in [0.1, 0.15) is 22.6 Å². The Kier molecular flexibility index (Phi) is 4.19. The maximum atomic E-state index is 5.73. The second-order valence-electron chi connectivity index (χ2n) is 7.01. The molecule has 5 nitrogen and oxygen atoms in total. The summed E-state index contributed by atoms with van der Waals surface area (Å²) in [6, 6.07) is 6.31. The predicted molar refractivity (Wildman–Crippen MR) is 101 cm³/mol. The minimum Gasteiger partial charge on any atom is -0.493 e. The quantitative estimate of drug-likeness (QED) is 0.840. The van der Waals surface area contributed by atoms with Crippen LogP contribution in [-0.4, -0.2) is 46.9 Å². The normalized spacial score (nSPS) is 18.0. The smallest absolute Gasteiger partial charge is 0.165 e. The van der Waals surface area contributed by atoms with Crippen LogP contribution in [-0.2, 0) is 13.0 Å². The number of ether oxygens (including phenoxy) is 4. The number of nitrogens with zero attached hydrogens (tertiary/aromatic N) is 1. The number of likely N-dealkylation sites (N-methyl/N-ethyl adjacent to an activating group) is 1. The third kappa shape index (κ3) is 2.42. The molecule has 138 valence electrons. The summed E-state index contributed by atoms with van der Waals surface area (Å²) in [6.45, 7) is 1.89. The Labute approximate surface area is 154 Å². The van der Waals surface area contributed by atoms with E-state index >= 15 is 0 Å². The van der Waals surface area contributed by atoms with Gasteiger partial charge < -0.3 is 23.8 Å². The molecule has 0 N–H and O–H groups in total. The molecule has 0 saturated heterocycles. The lowest BCUT2D eigenvalue weighted by atomic mass is 9.74. The standard InChI is InChI=1S/C21H25NO4/c1-22-10-13-6-12-7-17(23-2)18(24-3)8-14(12)15-9-19(25-4)21(26-5)16(11-22)20(13)15/h7-9,13H,6,10-11H2,1-5H3. The number of hydrogen-bond donors (Lipinski definition) is 0. The lowest BCUT2D eigenvalue weighted by Crippen LogP contribution is -2.33. The van der Waals surface area contributed by atoms with Gasteiger partial charge in [0, 0.05) is 24.6 Å². The van der Waals surface area contributed by atoms with Crippen LogP contribution in [0.25, 0.3) is 11.1 Å². The number of benzene rings is 2. The van der Waals surface area contributed by atoms with E-state index in [9.17, 15) is 0 Å². The van der Waals surface area contributed by atoms with Crippen LogP contribution in [0.4, 0.5) is 0 Å². The Morgan fingerprint density at radius 2 is 1.50 bits per heavy atom. The topological polar surface area (TPSA) is 40.2 Å². The molecule has 0 bridgehead atoms. The molecular weight excluding hydrogens is 330 g/mol. The zero-order valence-corrected chi connectivity index (χ0v) is 16.0. The lowest BCUT2D eigenvalue weighted by Gasteiger charge is -2.38. The van der Waals surface area contributed by atoms with Gasteiger partial charge in [0.15, 0.2) is 23.0 Å². The van der Waals surface area contributed by atoms with E-state index in [1.807, 2.05) is 0 Å². The molecule has 0 radical (unpaired) electrons. The summed E-state index contributed by atoms with van der Waals surface area (Å²) in [6.07, 6.45) is 0.982. The van der Waals surface area contributed by atoms with E-state index in [1.165, 1.54) is 27.8 Å². The van der Waals surface area contributed by atoms with Crippen molar-refractivity contribution >= 4 is 0 Å². The molecule has 5 heteroatoms. The Morgan fingerprint density at radius 3 is 2.15 bits per heavy atom. The first-order valence-electron chi connectivity index (χ1n) is 8.82. The highest BCUT2D eigenvalue weighted by Crippen LogP contribution is 2.51. The summed E-state index contributed by atoms with van der Waals surface area (Å²) in [5, 5.41) is 0. The fourth-order valence-corrected chi connectivity index (χ4v) is 4.50. The zero-order chi connectivity index (χ0) is 18.4. The van der Waals surface area contributed by atoms with Crippen molar-refractivity contribution in [3.63, 3.8) is 0 Å². The highest BCUT2D eigenvalue weighted by molar-refractivity contribution is 5.81.